The van der Waals surface area contributed by atoms with Gasteiger partial charge in [0.25, 0.3) is 12.4 Å². The summed E-state index contributed by atoms with van der Waals surface area (Å²) in [7, 11) is 0. The molecular weight excluding hydrogens is 168 g/mol. The maximum Gasteiger partial charge on any atom is 0.260 e. The van der Waals surface area contributed by atoms with Crippen molar-refractivity contribution in [3.05, 3.63) is 5.89 Å². The Morgan fingerprint density at radius 3 is 2.50 bits per heavy atom. The zero-order valence-electron chi connectivity index (χ0n) is 6.13. The molecule has 1 heterocycles. The van der Waals surface area contributed by atoms with Crippen LogP contribution in [0, 0.1) is 0 Å². The van der Waals surface area contributed by atoms with Crippen LogP contribution in [0.3, 0.4) is 0 Å². The van der Waals surface area contributed by atoms with E-state index in [1.807, 2.05) is 0 Å². The maximum absolute atomic E-state index is 12.4. The van der Waals surface area contributed by atoms with E-state index >= 15 is 0 Å². The molecule has 2 rings (SSSR count). The first-order valence-electron chi connectivity index (χ1n) is 3.53. The molecule has 0 unspecified atom stereocenters. The van der Waals surface area contributed by atoms with Gasteiger partial charge in [-0.2, -0.15) is 4.98 Å². The van der Waals surface area contributed by atoms with Crippen molar-refractivity contribution in [2.45, 2.75) is 24.7 Å². The highest BCUT2D eigenvalue weighted by Gasteiger charge is 2.57. The van der Waals surface area contributed by atoms with E-state index in [9.17, 15) is 8.78 Å². The predicted octanol–water partition coefficient (Wildman–Crippen LogP) is 0.949. The van der Waals surface area contributed by atoms with Gasteiger partial charge in [-0.1, -0.05) is 0 Å². The lowest BCUT2D eigenvalue weighted by Gasteiger charge is -2.06. The van der Waals surface area contributed by atoms with Gasteiger partial charge in [0, 0.05) is 0 Å². The van der Waals surface area contributed by atoms with Gasteiger partial charge in [-0.15, -0.1) is 0 Å². The number of alkyl halides is 2. The fraction of sp³-hybridized carbons (Fsp3) is 0.667. The van der Waals surface area contributed by atoms with Crippen LogP contribution in [0.4, 0.5) is 14.7 Å². The first-order chi connectivity index (χ1) is 5.65. The smallest absolute Gasteiger partial charge is 0.260 e. The molecule has 0 bridgehead atoms. The third kappa shape index (κ3) is 0.870. The van der Waals surface area contributed by atoms with Gasteiger partial charge < -0.3 is 10.3 Å². The number of aromatic nitrogens is 2. The van der Waals surface area contributed by atoms with Crippen LogP contribution < -0.4 is 5.73 Å². The van der Waals surface area contributed by atoms with Crippen molar-refractivity contribution >= 4 is 5.95 Å². The van der Waals surface area contributed by atoms with Gasteiger partial charge in [-0.25, -0.2) is 8.78 Å². The van der Waals surface area contributed by atoms with Crippen LogP contribution in [-0.4, -0.2) is 16.6 Å². The first kappa shape index (κ1) is 7.45. The quantitative estimate of drug-likeness (QED) is 0.726. The zero-order valence-corrected chi connectivity index (χ0v) is 6.13. The predicted molar refractivity (Wildman–Crippen MR) is 35.6 cm³/mol. The van der Waals surface area contributed by atoms with Crippen molar-refractivity contribution in [1.82, 2.24) is 10.1 Å². The number of nitrogen functional groups attached to an aromatic ring is 1. The summed E-state index contributed by atoms with van der Waals surface area (Å²) in [6, 6.07) is 0. The summed E-state index contributed by atoms with van der Waals surface area (Å²) in [5.41, 5.74) is 3.95. The molecule has 4 nitrogen and oxygen atoms in total. The van der Waals surface area contributed by atoms with E-state index in [1.165, 1.54) is 0 Å². The molecule has 1 aliphatic carbocycles. The molecular formula is C6H7F2N3O. The van der Waals surface area contributed by atoms with E-state index in [1.54, 1.807) is 0 Å². The molecule has 12 heavy (non-hydrogen) atoms. The van der Waals surface area contributed by atoms with Gasteiger partial charge in [0.2, 0.25) is 5.89 Å². The Balaban J connectivity index is 2.30. The van der Waals surface area contributed by atoms with Crippen LogP contribution >= 0.6 is 0 Å². The van der Waals surface area contributed by atoms with E-state index in [4.69, 9.17) is 5.73 Å². The molecule has 0 radical (unpaired) electrons. The van der Waals surface area contributed by atoms with Gasteiger partial charge in [-0.05, 0) is 18.0 Å². The average molecular weight is 175 g/mol. The Kier molecular flexibility index (Phi) is 1.33. The summed E-state index contributed by atoms with van der Waals surface area (Å²) in [5, 5.41) is 3.26. The minimum Gasteiger partial charge on any atom is -0.365 e. The second-order valence-corrected chi connectivity index (χ2v) is 2.91. The lowest BCUT2D eigenvalue weighted by atomic mass is 10.1. The van der Waals surface area contributed by atoms with Crippen molar-refractivity contribution < 1.29 is 13.3 Å². The van der Waals surface area contributed by atoms with Crippen molar-refractivity contribution in [1.29, 1.82) is 0 Å². The molecule has 0 saturated heterocycles. The molecule has 0 atom stereocenters. The summed E-state index contributed by atoms with van der Waals surface area (Å²) < 4.78 is 29.4. The summed E-state index contributed by atoms with van der Waals surface area (Å²) in [4.78, 5) is 3.59. The number of nitrogens with zero attached hydrogens (tertiary/aromatic N) is 2. The highest BCUT2D eigenvalue weighted by Crippen LogP contribution is 2.51. The summed E-state index contributed by atoms with van der Waals surface area (Å²) >= 11 is 0. The summed E-state index contributed by atoms with van der Waals surface area (Å²) in [6.07, 6.45) is -1.66. The highest BCUT2D eigenvalue weighted by molar-refractivity contribution is 5.22. The number of nitrogens with two attached hydrogens (primary N) is 1. The molecule has 1 aromatic rings. The zero-order chi connectivity index (χ0) is 8.77. The molecule has 6 heteroatoms. The van der Waals surface area contributed by atoms with E-state index in [-0.39, 0.29) is 11.8 Å². The van der Waals surface area contributed by atoms with Crippen molar-refractivity contribution in [3.8, 4) is 0 Å². The van der Waals surface area contributed by atoms with Gasteiger partial charge in [0.15, 0.2) is 0 Å². The Morgan fingerprint density at radius 1 is 1.50 bits per heavy atom. The monoisotopic (exact) mass is 175 g/mol. The second kappa shape index (κ2) is 2.15. The fourth-order valence-electron chi connectivity index (χ4n) is 1.10. The molecule has 0 spiro atoms. The normalized spacial score (nSPS) is 19.9. The van der Waals surface area contributed by atoms with Crippen LogP contribution in [0.15, 0.2) is 4.52 Å². The number of hydrogen-bond donors (Lipinski definition) is 1. The standard InChI is InChI=1S/C6H7F2N3O/c7-3(8)6(1-2-6)4-10-5(9)11-12-4/h3H,1-2H2,(H2,9,11). The molecule has 1 aromatic heterocycles. The van der Waals surface area contributed by atoms with E-state index in [2.05, 4.69) is 14.7 Å². The van der Waals surface area contributed by atoms with Crippen LogP contribution in [-0.2, 0) is 5.41 Å². The molecule has 1 fully saturated rings. The van der Waals surface area contributed by atoms with Crippen molar-refractivity contribution in [2.24, 2.45) is 0 Å². The first-order valence-corrected chi connectivity index (χ1v) is 3.53. The van der Waals surface area contributed by atoms with Crippen LogP contribution in [0.5, 0.6) is 0 Å². The number of hydrogen-bond acceptors (Lipinski definition) is 4. The Labute approximate surface area is 66.7 Å². The number of rotatable bonds is 2. The molecule has 0 aliphatic heterocycles. The molecule has 0 aromatic carbocycles. The van der Waals surface area contributed by atoms with Crippen molar-refractivity contribution in [2.75, 3.05) is 5.73 Å². The van der Waals surface area contributed by atoms with Crippen LogP contribution in [0.1, 0.15) is 18.7 Å². The number of anilines is 1. The number of halogens is 2. The SMILES string of the molecule is Nc1noc(C2(C(F)F)CC2)n1. The van der Waals surface area contributed by atoms with E-state index in [0.717, 1.165) is 0 Å². The third-order valence-electron chi connectivity index (χ3n) is 2.07. The highest BCUT2D eigenvalue weighted by atomic mass is 19.3. The summed E-state index contributed by atoms with van der Waals surface area (Å²) in [5.74, 6) is -0.119. The third-order valence-corrected chi connectivity index (χ3v) is 2.07. The summed E-state index contributed by atoms with van der Waals surface area (Å²) in [6.45, 7) is 0. The molecule has 66 valence electrons. The van der Waals surface area contributed by atoms with Crippen LogP contribution in [0.25, 0.3) is 0 Å². The fourth-order valence-corrected chi connectivity index (χ4v) is 1.10. The van der Waals surface area contributed by atoms with Crippen LogP contribution in [0.2, 0.25) is 0 Å². The topological polar surface area (TPSA) is 64.9 Å². The van der Waals surface area contributed by atoms with Crippen molar-refractivity contribution in [3.63, 3.8) is 0 Å². The van der Waals surface area contributed by atoms with Gasteiger partial charge in [0.1, 0.15) is 5.41 Å². The van der Waals surface area contributed by atoms with Gasteiger partial charge in [0.05, 0.1) is 0 Å². The van der Waals surface area contributed by atoms with Gasteiger partial charge >= 0.3 is 0 Å². The lowest BCUT2D eigenvalue weighted by Crippen LogP contribution is -2.17. The second-order valence-electron chi connectivity index (χ2n) is 2.91. The van der Waals surface area contributed by atoms with Gasteiger partial charge in [-0.3, -0.25) is 0 Å². The largest absolute Gasteiger partial charge is 0.365 e. The van der Waals surface area contributed by atoms with E-state index < -0.39 is 11.8 Å². The molecule has 1 aliphatic rings. The average Bonchev–Trinajstić information content (AvgIpc) is 2.71. The Bertz CT molecular complexity index is 295. The molecule has 0 amide bonds. The Hall–Kier alpha value is -1.20. The lowest BCUT2D eigenvalue weighted by molar-refractivity contribution is 0.0848. The Morgan fingerprint density at radius 2 is 2.17 bits per heavy atom. The molecule has 1 saturated carbocycles. The maximum atomic E-state index is 12.4. The minimum atomic E-state index is -2.45. The minimum absolute atomic E-state index is 0.0324. The van der Waals surface area contributed by atoms with E-state index in [0.29, 0.717) is 12.8 Å². The molecule has 2 N–H and O–H groups in total.